The van der Waals surface area contributed by atoms with Crippen molar-refractivity contribution in [1.82, 2.24) is 15.1 Å². The van der Waals surface area contributed by atoms with Crippen LogP contribution in [0, 0.1) is 5.92 Å². The average Bonchev–Trinajstić information content (AvgIpc) is 2.76. The molecule has 0 bridgehead atoms. The molecule has 1 fully saturated rings. The largest absolute Gasteiger partial charge is 0.314 e. The Labute approximate surface area is 111 Å². The second kappa shape index (κ2) is 6.93. The molecule has 1 heterocycles. The molecule has 1 aliphatic carbocycles. The third-order valence-corrected chi connectivity index (χ3v) is 4.08. The van der Waals surface area contributed by atoms with Crippen molar-refractivity contribution < 1.29 is 0 Å². The summed E-state index contributed by atoms with van der Waals surface area (Å²) >= 11 is 0. The zero-order valence-corrected chi connectivity index (χ0v) is 11.9. The molecule has 1 N–H and O–H groups in total. The molecule has 1 aliphatic rings. The molecule has 0 aliphatic heterocycles. The topological polar surface area (TPSA) is 29.9 Å². The minimum atomic E-state index is 0.627. The molecular formula is C15H27N3. The van der Waals surface area contributed by atoms with Crippen LogP contribution in [0.25, 0.3) is 0 Å². The average molecular weight is 249 g/mol. The van der Waals surface area contributed by atoms with E-state index in [1.54, 1.807) is 0 Å². The van der Waals surface area contributed by atoms with Crippen molar-refractivity contribution in [3.05, 3.63) is 18.0 Å². The first kappa shape index (κ1) is 13.6. The first-order valence-corrected chi connectivity index (χ1v) is 7.49. The fraction of sp³-hybridized carbons (Fsp3) is 0.800. The van der Waals surface area contributed by atoms with Gasteiger partial charge in [0.15, 0.2) is 0 Å². The molecule has 1 saturated carbocycles. The number of hydrogen-bond donors (Lipinski definition) is 1. The first-order valence-electron chi connectivity index (χ1n) is 7.49. The van der Waals surface area contributed by atoms with Crippen LogP contribution < -0.4 is 5.32 Å². The zero-order chi connectivity index (χ0) is 12.8. The van der Waals surface area contributed by atoms with Gasteiger partial charge in [-0.25, -0.2) is 0 Å². The van der Waals surface area contributed by atoms with Gasteiger partial charge in [-0.1, -0.05) is 39.0 Å². The molecule has 0 aromatic carbocycles. The predicted octanol–water partition coefficient (Wildman–Crippen LogP) is 2.91. The highest BCUT2D eigenvalue weighted by Crippen LogP contribution is 2.28. The summed E-state index contributed by atoms with van der Waals surface area (Å²) in [6, 6.07) is 0.627. The monoisotopic (exact) mass is 249 g/mol. The molecule has 2 rings (SSSR count). The van der Waals surface area contributed by atoms with E-state index in [9.17, 15) is 0 Å². The number of aromatic nitrogens is 2. The number of hydrogen-bond acceptors (Lipinski definition) is 2. The van der Waals surface area contributed by atoms with Gasteiger partial charge in [0, 0.05) is 19.3 Å². The van der Waals surface area contributed by atoms with Crippen molar-refractivity contribution in [3.63, 3.8) is 0 Å². The van der Waals surface area contributed by atoms with E-state index in [2.05, 4.69) is 23.5 Å². The number of likely N-dealkylation sites (N-methyl/N-ethyl adjacent to an activating group) is 1. The SMILES string of the molecule is CCNC(Cc1cnn(C)c1)CC1CCCCC1. The number of nitrogens with zero attached hydrogens (tertiary/aromatic N) is 2. The van der Waals surface area contributed by atoms with Gasteiger partial charge in [-0.2, -0.15) is 5.10 Å². The standard InChI is InChI=1S/C15H27N3/c1-3-16-15(9-13-7-5-4-6-8-13)10-14-11-17-18(2)12-14/h11-13,15-16H,3-10H2,1-2H3. The Kier molecular flexibility index (Phi) is 5.24. The summed E-state index contributed by atoms with van der Waals surface area (Å²) in [5.41, 5.74) is 1.36. The summed E-state index contributed by atoms with van der Waals surface area (Å²) in [5.74, 6) is 0.944. The van der Waals surface area contributed by atoms with Crippen molar-refractivity contribution in [2.24, 2.45) is 13.0 Å². The molecule has 0 saturated heterocycles. The van der Waals surface area contributed by atoms with Crippen LogP contribution >= 0.6 is 0 Å². The molecule has 0 amide bonds. The van der Waals surface area contributed by atoms with E-state index in [1.807, 2.05) is 17.9 Å². The van der Waals surface area contributed by atoms with Gasteiger partial charge >= 0.3 is 0 Å². The highest BCUT2D eigenvalue weighted by Gasteiger charge is 2.19. The molecule has 1 unspecified atom stereocenters. The molecule has 1 aromatic rings. The van der Waals surface area contributed by atoms with Crippen molar-refractivity contribution >= 4 is 0 Å². The third kappa shape index (κ3) is 4.13. The van der Waals surface area contributed by atoms with E-state index in [4.69, 9.17) is 0 Å². The summed E-state index contributed by atoms with van der Waals surface area (Å²) in [6.07, 6.45) is 13.8. The fourth-order valence-corrected chi connectivity index (χ4v) is 3.21. The molecule has 1 aromatic heterocycles. The zero-order valence-electron chi connectivity index (χ0n) is 11.9. The van der Waals surface area contributed by atoms with Crippen LogP contribution in [-0.4, -0.2) is 22.4 Å². The quantitative estimate of drug-likeness (QED) is 0.840. The summed E-state index contributed by atoms with van der Waals surface area (Å²) in [4.78, 5) is 0. The van der Waals surface area contributed by atoms with Gasteiger partial charge in [0.25, 0.3) is 0 Å². The normalized spacial score (nSPS) is 19.0. The second-order valence-electron chi connectivity index (χ2n) is 5.72. The van der Waals surface area contributed by atoms with Crippen molar-refractivity contribution in [2.45, 2.75) is 57.9 Å². The maximum atomic E-state index is 4.27. The Bertz CT molecular complexity index is 339. The highest BCUT2D eigenvalue weighted by atomic mass is 15.2. The number of nitrogens with one attached hydrogen (secondary N) is 1. The van der Waals surface area contributed by atoms with E-state index >= 15 is 0 Å². The number of aryl methyl sites for hydroxylation is 1. The molecule has 102 valence electrons. The van der Waals surface area contributed by atoms with Crippen LogP contribution in [0.1, 0.15) is 51.0 Å². The Morgan fingerprint density at radius 3 is 2.78 bits per heavy atom. The summed E-state index contributed by atoms with van der Waals surface area (Å²) < 4.78 is 1.90. The van der Waals surface area contributed by atoms with Crippen LogP contribution in [0.4, 0.5) is 0 Å². The molecule has 0 radical (unpaired) electrons. The van der Waals surface area contributed by atoms with E-state index < -0.39 is 0 Å². The van der Waals surface area contributed by atoms with Crippen LogP contribution in [0.2, 0.25) is 0 Å². The minimum absolute atomic E-state index is 0.627. The summed E-state index contributed by atoms with van der Waals surface area (Å²) in [5, 5.41) is 7.92. The van der Waals surface area contributed by atoms with Crippen molar-refractivity contribution in [1.29, 1.82) is 0 Å². The van der Waals surface area contributed by atoms with Gasteiger partial charge in [0.2, 0.25) is 0 Å². The Balaban J connectivity index is 1.86. The lowest BCUT2D eigenvalue weighted by molar-refractivity contribution is 0.298. The summed E-state index contributed by atoms with van der Waals surface area (Å²) in [7, 11) is 1.99. The second-order valence-corrected chi connectivity index (χ2v) is 5.72. The lowest BCUT2D eigenvalue weighted by Gasteiger charge is -2.26. The molecule has 3 heteroatoms. The molecule has 3 nitrogen and oxygen atoms in total. The van der Waals surface area contributed by atoms with E-state index in [0.717, 1.165) is 18.9 Å². The lowest BCUT2D eigenvalue weighted by atomic mass is 9.84. The molecular weight excluding hydrogens is 222 g/mol. The van der Waals surface area contributed by atoms with Gasteiger partial charge in [-0.15, -0.1) is 0 Å². The highest BCUT2D eigenvalue weighted by molar-refractivity contribution is 5.06. The van der Waals surface area contributed by atoms with Crippen LogP contribution in [0.3, 0.4) is 0 Å². The third-order valence-electron chi connectivity index (χ3n) is 4.08. The maximum absolute atomic E-state index is 4.27. The molecule has 1 atom stereocenters. The van der Waals surface area contributed by atoms with E-state index in [-0.39, 0.29) is 0 Å². The molecule has 18 heavy (non-hydrogen) atoms. The smallest absolute Gasteiger partial charge is 0.0522 e. The maximum Gasteiger partial charge on any atom is 0.0522 e. The predicted molar refractivity (Wildman–Crippen MR) is 75.6 cm³/mol. The van der Waals surface area contributed by atoms with Gasteiger partial charge in [0.05, 0.1) is 6.20 Å². The van der Waals surface area contributed by atoms with E-state index in [0.29, 0.717) is 6.04 Å². The van der Waals surface area contributed by atoms with Gasteiger partial charge < -0.3 is 5.32 Å². The Hall–Kier alpha value is -0.830. The Morgan fingerprint density at radius 1 is 1.39 bits per heavy atom. The van der Waals surface area contributed by atoms with Crippen LogP contribution in [0.5, 0.6) is 0 Å². The number of rotatable bonds is 6. The van der Waals surface area contributed by atoms with Crippen molar-refractivity contribution in [3.8, 4) is 0 Å². The van der Waals surface area contributed by atoms with Crippen molar-refractivity contribution in [2.75, 3.05) is 6.54 Å². The fourth-order valence-electron chi connectivity index (χ4n) is 3.21. The van der Waals surface area contributed by atoms with Gasteiger partial charge in [-0.3, -0.25) is 4.68 Å². The first-order chi connectivity index (χ1) is 8.78. The lowest BCUT2D eigenvalue weighted by Crippen LogP contribution is -2.33. The van der Waals surface area contributed by atoms with Crippen LogP contribution in [-0.2, 0) is 13.5 Å². The summed E-state index contributed by atoms with van der Waals surface area (Å²) in [6.45, 7) is 3.27. The van der Waals surface area contributed by atoms with Crippen LogP contribution in [0.15, 0.2) is 12.4 Å². The van der Waals surface area contributed by atoms with E-state index in [1.165, 1.54) is 44.1 Å². The minimum Gasteiger partial charge on any atom is -0.314 e. The molecule has 0 spiro atoms. The van der Waals surface area contributed by atoms with Gasteiger partial charge in [-0.05, 0) is 30.9 Å². The van der Waals surface area contributed by atoms with Gasteiger partial charge in [0.1, 0.15) is 0 Å². The Morgan fingerprint density at radius 2 is 2.17 bits per heavy atom.